The molecule has 9 heteroatoms. The van der Waals surface area contributed by atoms with Crippen molar-refractivity contribution in [3.8, 4) is 28.4 Å². The summed E-state index contributed by atoms with van der Waals surface area (Å²) in [5, 5.41) is 0. The zero-order valence-corrected chi connectivity index (χ0v) is 17.0. The van der Waals surface area contributed by atoms with Gasteiger partial charge in [0.1, 0.15) is 19.6 Å². The van der Waals surface area contributed by atoms with Gasteiger partial charge >= 0.3 is 12.1 Å². The van der Waals surface area contributed by atoms with E-state index in [0.29, 0.717) is 29.7 Å². The number of ketones is 1. The highest BCUT2D eigenvalue weighted by Crippen LogP contribution is 2.46. The van der Waals surface area contributed by atoms with Gasteiger partial charge < -0.3 is 18.9 Å². The third kappa shape index (κ3) is 5.10. The molecule has 0 atom stereocenters. The fourth-order valence-electron chi connectivity index (χ4n) is 3.51. The van der Waals surface area contributed by atoms with E-state index < -0.39 is 18.6 Å². The summed E-state index contributed by atoms with van der Waals surface area (Å²) in [7, 11) is 2.88. The predicted molar refractivity (Wildman–Crippen MR) is 105 cm³/mol. The van der Waals surface area contributed by atoms with Crippen LogP contribution >= 0.6 is 0 Å². The van der Waals surface area contributed by atoms with E-state index in [-0.39, 0.29) is 30.5 Å². The number of Topliss-reactive ketones (excluding diaryl/α,β-unsaturated/α-hetero) is 1. The van der Waals surface area contributed by atoms with Crippen molar-refractivity contribution in [2.45, 2.75) is 25.4 Å². The number of hydrogen-bond acceptors (Lipinski definition) is 6. The van der Waals surface area contributed by atoms with E-state index in [1.807, 2.05) is 6.07 Å². The van der Waals surface area contributed by atoms with Crippen molar-refractivity contribution >= 4 is 11.8 Å². The number of esters is 1. The van der Waals surface area contributed by atoms with Crippen molar-refractivity contribution < 1.29 is 41.7 Å². The molecule has 3 rings (SSSR count). The Labute approximate surface area is 176 Å². The quantitative estimate of drug-likeness (QED) is 0.450. The zero-order valence-electron chi connectivity index (χ0n) is 17.0. The Morgan fingerprint density at radius 3 is 2.35 bits per heavy atom. The summed E-state index contributed by atoms with van der Waals surface area (Å²) < 4.78 is 57.9. The summed E-state index contributed by atoms with van der Waals surface area (Å²) in [6.07, 6.45) is -5.28. The molecule has 1 aliphatic carbocycles. The number of hydrogen-bond donors (Lipinski definition) is 0. The average Bonchev–Trinajstić information content (AvgIpc) is 3.10. The second-order valence-corrected chi connectivity index (χ2v) is 6.79. The normalized spacial score (nSPS) is 13.0. The lowest BCUT2D eigenvalue weighted by molar-refractivity contribution is -0.171. The van der Waals surface area contributed by atoms with Gasteiger partial charge in [0.2, 0.25) is 5.75 Å². The lowest BCUT2D eigenvalue weighted by atomic mass is 9.95. The number of alkyl halides is 3. The van der Waals surface area contributed by atoms with Gasteiger partial charge in [-0.2, -0.15) is 13.2 Å². The third-order valence-corrected chi connectivity index (χ3v) is 4.81. The van der Waals surface area contributed by atoms with Crippen molar-refractivity contribution in [3.63, 3.8) is 0 Å². The number of carbonyl (C=O) groups excluding carboxylic acids is 2. The van der Waals surface area contributed by atoms with E-state index >= 15 is 0 Å². The Hall–Kier alpha value is -3.23. The first-order valence-electron chi connectivity index (χ1n) is 9.50. The van der Waals surface area contributed by atoms with Gasteiger partial charge in [0, 0.05) is 17.5 Å². The molecule has 0 aliphatic heterocycles. The second-order valence-electron chi connectivity index (χ2n) is 6.79. The zero-order chi connectivity index (χ0) is 22.6. The van der Waals surface area contributed by atoms with Crippen LogP contribution in [0, 0.1) is 0 Å². The highest BCUT2D eigenvalue weighted by molar-refractivity contribution is 6.02. The summed E-state index contributed by atoms with van der Waals surface area (Å²) in [6.45, 7) is -0.575. The summed E-state index contributed by atoms with van der Waals surface area (Å²) in [4.78, 5) is 23.4. The van der Waals surface area contributed by atoms with Crippen molar-refractivity contribution in [1.29, 1.82) is 0 Å². The number of carbonyl (C=O) groups is 2. The topological polar surface area (TPSA) is 71.1 Å². The van der Waals surface area contributed by atoms with Crippen LogP contribution in [-0.4, -0.2) is 45.4 Å². The summed E-state index contributed by atoms with van der Waals surface area (Å²) in [5.41, 5.74) is 2.96. The lowest BCUT2D eigenvalue weighted by Crippen LogP contribution is -2.19. The Balaban J connectivity index is 1.87. The van der Waals surface area contributed by atoms with Crippen LogP contribution in [0.3, 0.4) is 0 Å². The lowest BCUT2D eigenvalue weighted by Gasteiger charge is -2.19. The van der Waals surface area contributed by atoms with Crippen LogP contribution in [0.2, 0.25) is 0 Å². The molecular formula is C22H21F3O6. The summed E-state index contributed by atoms with van der Waals surface area (Å²) in [5.74, 6) is -0.367. The van der Waals surface area contributed by atoms with Crippen LogP contribution in [-0.2, 0) is 16.0 Å². The minimum atomic E-state index is -4.63. The molecule has 2 aromatic rings. The third-order valence-electron chi connectivity index (χ3n) is 4.81. The van der Waals surface area contributed by atoms with Gasteiger partial charge in [0.05, 0.1) is 14.2 Å². The number of rotatable bonds is 8. The van der Waals surface area contributed by atoms with E-state index in [1.165, 1.54) is 14.2 Å². The van der Waals surface area contributed by atoms with Crippen molar-refractivity contribution in [2.24, 2.45) is 0 Å². The van der Waals surface area contributed by atoms with Gasteiger partial charge in [0.25, 0.3) is 0 Å². The Bertz CT molecular complexity index is 984. The van der Waals surface area contributed by atoms with E-state index in [9.17, 15) is 22.8 Å². The van der Waals surface area contributed by atoms with Gasteiger partial charge in [-0.05, 0) is 29.7 Å². The van der Waals surface area contributed by atoms with E-state index in [4.69, 9.17) is 14.2 Å². The Morgan fingerprint density at radius 1 is 0.935 bits per heavy atom. The highest BCUT2D eigenvalue weighted by atomic mass is 19.4. The number of benzene rings is 2. The number of ether oxygens (including phenoxy) is 4. The molecule has 2 aromatic carbocycles. The molecule has 166 valence electrons. The van der Waals surface area contributed by atoms with Gasteiger partial charge in [-0.25, -0.2) is 0 Å². The van der Waals surface area contributed by atoms with E-state index in [1.54, 1.807) is 24.3 Å². The molecule has 0 radical (unpaired) electrons. The molecule has 0 spiro atoms. The Morgan fingerprint density at radius 2 is 1.68 bits per heavy atom. The molecule has 0 saturated carbocycles. The molecular weight excluding hydrogens is 417 g/mol. The van der Waals surface area contributed by atoms with Crippen LogP contribution < -0.4 is 14.2 Å². The molecule has 0 N–H and O–H groups in total. The highest BCUT2D eigenvalue weighted by Gasteiger charge is 2.32. The van der Waals surface area contributed by atoms with Crippen LogP contribution in [0.25, 0.3) is 11.1 Å². The SMILES string of the molecule is COc1ccc(-c2cccc3c2CCC3=O)c(OCCOC(=O)CC(F)(F)F)c1OC. The van der Waals surface area contributed by atoms with Crippen LogP contribution in [0.1, 0.15) is 28.8 Å². The fraction of sp³-hybridized carbons (Fsp3) is 0.364. The van der Waals surface area contributed by atoms with Crippen molar-refractivity contribution in [3.05, 3.63) is 41.5 Å². The number of halogens is 3. The van der Waals surface area contributed by atoms with Crippen LogP contribution in [0.4, 0.5) is 13.2 Å². The maximum atomic E-state index is 12.3. The largest absolute Gasteiger partial charge is 0.493 e. The second kappa shape index (κ2) is 9.28. The van der Waals surface area contributed by atoms with E-state index in [2.05, 4.69) is 4.74 Å². The molecule has 0 heterocycles. The number of methoxy groups -OCH3 is 2. The van der Waals surface area contributed by atoms with Crippen molar-refractivity contribution in [2.75, 3.05) is 27.4 Å². The molecule has 0 unspecified atom stereocenters. The van der Waals surface area contributed by atoms with Gasteiger partial charge in [-0.1, -0.05) is 18.2 Å². The summed E-state index contributed by atoms with van der Waals surface area (Å²) >= 11 is 0. The van der Waals surface area contributed by atoms with Crippen LogP contribution in [0.5, 0.6) is 17.2 Å². The molecule has 0 fully saturated rings. The van der Waals surface area contributed by atoms with Gasteiger partial charge in [-0.15, -0.1) is 0 Å². The maximum absolute atomic E-state index is 12.3. The van der Waals surface area contributed by atoms with Gasteiger partial charge in [0.15, 0.2) is 17.3 Å². The molecule has 6 nitrogen and oxygen atoms in total. The monoisotopic (exact) mass is 438 g/mol. The van der Waals surface area contributed by atoms with Crippen molar-refractivity contribution in [1.82, 2.24) is 0 Å². The first-order chi connectivity index (χ1) is 14.7. The van der Waals surface area contributed by atoms with Crippen LogP contribution in [0.15, 0.2) is 30.3 Å². The molecule has 0 bridgehead atoms. The molecule has 31 heavy (non-hydrogen) atoms. The minimum Gasteiger partial charge on any atom is -0.493 e. The summed E-state index contributed by atoms with van der Waals surface area (Å²) in [6, 6.07) is 8.85. The fourth-order valence-corrected chi connectivity index (χ4v) is 3.51. The maximum Gasteiger partial charge on any atom is 0.399 e. The average molecular weight is 438 g/mol. The minimum absolute atomic E-state index is 0.0661. The number of fused-ring (bicyclic) bond motifs is 1. The molecule has 1 aliphatic rings. The Kier molecular flexibility index (Phi) is 6.72. The van der Waals surface area contributed by atoms with Gasteiger partial charge in [-0.3, -0.25) is 9.59 Å². The predicted octanol–water partition coefficient (Wildman–Crippen LogP) is 4.37. The van der Waals surface area contributed by atoms with E-state index in [0.717, 1.165) is 11.1 Å². The first kappa shape index (κ1) is 22.5. The standard InChI is InChI=1S/C22H21F3O6/c1-28-18-9-7-16(13-4-3-5-15-14(13)6-8-17(15)26)20(21(18)29-2)31-11-10-30-19(27)12-22(23,24)25/h3-5,7,9H,6,8,10-12H2,1-2H3. The smallest absolute Gasteiger partial charge is 0.399 e. The molecule has 0 saturated heterocycles. The molecule has 0 aromatic heterocycles. The first-order valence-corrected chi connectivity index (χ1v) is 9.50. The molecule has 0 amide bonds.